The Labute approximate surface area is 125 Å². The van der Waals surface area contributed by atoms with Crippen LogP contribution in [0.1, 0.15) is 15.2 Å². The fraction of sp³-hybridized carbons (Fsp3) is 0.0769. The van der Waals surface area contributed by atoms with Crippen LogP contribution in [0.25, 0.3) is 0 Å². The molecule has 1 heterocycles. The molecule has 3 nitrogen and oxygen atoms in total. The molecule has 2 rings (SSSR count). The number of thiophene rings is 1. The van der Waals surface area contributed by atoms with Gasteiger partial charge in [0.15, 0.2) is 0 Å². The quantitative estimate of drug-likeness (QED) is 0.885. The first kappa shape index (κ1) is 14.0. The molecule has 0 saturated carbocycles. The maximum atomic E-state index is 12.3. The Morgan fingerprint density at radius 1 is 1.37 bits per heavy atom. The van der Waals surface area contributed by atoms with Crippen LogP contribution in [-0.2, 0) is 0 Å². The number of anilines is 1. The van der Waals surface area contributed by atoms with Crippen molar-refractivity contribution in [2.75, 3.05) is 11.9 Å². The highest BCUT2D eigenvalue weighted by molar-refractivity contribution is 7.80. The zero-order chi connectivity index (χ0) is 14.0. The van der Waals surface area contributed by atoms with Gasteiger partial charge in [0.25, 0.3) is 5.91 Å². The number of hydrogen-bond donors (Lipinski definition) is 1. The number of nitrogens with two attached hydrogens (primary N) is 1. The molecule has 1 aromatic heterocycles. The molecule has 2 N–H and O–H groups in total. The fourth-order valence-electron chi connectivity index (χ4n) is 1.58. The number of halogens is 1. The average Bonchev–Trinajstić information content (AvgIpc) is 2.84. The smallest absolute Gasteiger partial charge is 0.268 e. The van der Waals surface area contributed by atoms with E-state index >= 15 is 0 Å². The summed E-state index contributed by atoms with van der Waals surface area (Å²) in [6.07, 6.45) is 0. The highest BCUT2D eigenvalue weighted by Gasteiger charge is 2.15. The number of hydrogen-bond acceptors (Lipinski definition) is 3. The molecule has 0 spiro atoms. The lowest BCUT2D eigenvalue weighted by molar-refractivity contribution is 0.0997. The van der Waals surface area contributed by atoms with Gasteiger partial charge in [0.1, 0.15) is 4.99 Å². The van der Waals surface area contributed by atoms with E-state index in [1.165, 1.54) is 11.3 Å². The highest BCUT2D eigenvalue weighted by atomic mass is 35.5. The lowest BCUT2D eigenvalue weighted by Crippen LogP contribution is -2.25. The van der Waals surface area contributed by atoms with Crippen LogP contribution < -0.4 is 10.6 Å². The number of carbonyl (C=O) groups excluding carboxylic acids is 1. The minimum Gasteiger partial charge on any atom is -0.389 e. The second-order valence-electron chi connectivity index (χ2n) is 3.88. The Bertz CT molecular complexity index is 639. The van der Waals surface area contributed by atoms with Crippen molar-refractivity contribution in [2.45, 2.75) is 0 Å². The average molecular weight is 311 g/mol. The standard InChI is InChI=1S/C13H11ClN2OS2/c1-16(13(17)10-5-6-11(14)19-10)9-4-2-3-8(7-9)12(15)18/h2-7H,1H3,(H2,15,18). The second-order valence-corrected chi connectivity index (χ2v) is 6.04. The van der Waals surface area contributed by atoms with E-state index < -0.39 is 0 Å². The molecule has 0 radical (unpaired) electrons. The van der Waals surface area contributed by atoms with E-state index in [1.54, 1.807) is 30.1 Å². The molecule has 0 unspecified atom stereocenters. The molecule has 0 aliphatic heterocycles. The van der Waals surface area contributed by atoms with E-state index in [1.807, 2.05) is 18.2 Å². The normalized spacial score (nSPS) is 10.2. The van der Waals surface area contributed by atoms with Gasteiger partial charge in [-0.2, -0.15) is 0 Å². The molecule has 0 aliphatic rings. The summed E-state index contributed by atoms with van der Waals surface area (Å²) < 4.78 is 0.591. The van der Waals surface area contributed by atoms with Crippen LogP contribution >= 0.6 is 35.2 Å². The van der Waals surface area contributed by atoms with Crippen LogP contribution in [-0.4, -0.2) is 17.9 Å². The molecule has 0 aliphatic carbocycles. The van der Waals surface area contributed by atoms with Gasteiger partial charge < -0.3 is 10.6 Å². The topological polar surface area (TPSA) is 46.3 Å². The number of thiocarbonyl (C=S) groups is 1. The van der Waals surface area contributed by atoms with Gasteiger partial charge in [0.05, 0.1) is 9.21 Å². The predicted molar refractivity (Wildman–Crippen MR) is 84.4 cm³/mol. The molecule has 0 fully saturated rings. The molecule has 1 amide bonds. The summed E-state index contributed by atoms with van der Waals surface area (Å²) in [5.41, 5.74) is 7.05. The van der Waals surface area contributed by atoms with E-state index in [-0.39, 0.29) is 5.91 Å². The van der Waals surface area contributed by atoms with Crippen molar-refractivity contribution >= 4 is 51.7 Å². The van der Waals surface area contributed by atoms with Crippen molar-refractivity contribution in [1.82, 2.24) is 0 Å². The summed E-state index contributed by atoms with van der Waals surface area (Å²) in [5, 5.41) is 0. The third-order valence-corrected chi connectivity index (χ3v) is 4.06. The summed E-state index contributed by atoms with van der Waals surface area (Å²) in [5.74, 6) is -0.114. The van der Waals surface area contributed by atoms with Gasteiger partial charge in [-0.05, 0) is 24.3 Å². The summed E-state index contributed by atoms with van der Waals surface area (Å²) in [6, 6.07) is 10.7. The first-order chi connectivity index (χ1) is 8.99. The van der Waals surface area contributed by atoms with Gasteiger partial charge in [-0.3, -0.25) is 4.79 Å². The van der Waals surface area contributed by atoms with Crippen LogP contribution in [0.4, 0.5) is 5.69 Å². The summed E-state index contributed by atoms with van der Waals surface area (Å²) in [4.78, 5) is 14.7. The maximum Gasteiger partial charge on any atom is 0.268 e. The Morgan fingerprint density at radius 3 is 2.68 bits per heavy atom. The minimum absolute atomic E-state index is 0.114. The highest BCUT2D eigenvalue weighted by Crippen LogP contribution is 2.24. The number of rotatable bonds is 3. The summed E-state index contributed by atoms with van der Waals surface area (Å²) in [6.45, 7) is 0. The van der Waals surface area contributed by atoms with Gasteiger partial charge in [-0.25, -0.2) is 0 Å². The molecule has 19 heavy (non-hydrogen) atoms. The van der Waals surface area contributed by atoms with Crippen molar-refractivity contribution in [3.05, 3.63) is 51.2 Å². The maximum absolute atomic E-state index is 12.3. The zero-order valence-corrected chi connectivity index (χ0v) is 12.5. The summed E-state index contributed by atoms with van der Waals surface area (Å²) >= 11 is 12.0. The third-order valence-electron chi connectivity index (χ3n) is 2.61. The van der Waals surface area contributed by atoms with E-state index in [4.69, 9.17) is 29.6 Å². The third kappa shape index (κ3) is 3.12. The Kier molecular flexibility index (Phi) is 4.19. The molecule has 0 atom stereocenters. The lowest BCUT2D eigenvalue weighted by Gasteiger charge is -2.17. The fourth-order valence-corrected chi connectivity index (χ4v) is 2.73. The van der Waals surface area contributed by atoms with Gasteiger partial charge in [-0.1, -0.05) is 36.0 Å². The van der Waals surface area contributed by atoms with Crippen LogP contribution in [0.3, 0.4) is 0 Å². The minimum atomic E-state index is -0.114. The predicted octanol–water partition coefficient (Wildman–Crippen LogP) is 3.31. The monoisotopic (exact) mass is 310 g/mol. The molecule has 1 aromatic carbocycles. The first-order valence-electron chi connectivity index (χ1n) is 5.42. The Morgan fingerprint density at radius 2 is 2.11 bits per heavy atom. The van der Waals surface area contributed by atoms with E-state index in [0.717, 1.165) is 11.3 Å². The Hall–Kier alpha value is -1.43. The number of amides is 1. The van der Waals surface area contributed by atoms with Crippen molar-refractivity contribution in [3.63, 3.8) is 0 Å². The zero-order valence-electron chi connectivity index (χ0n) is 10.1. The summed E-state index contributed by atoms with van der Waals surface area (Å²) in [7, 11) is 1.70. The molecule has 0 bridgehead atoms. The molecular weight excluding hydrogens is 300 g/mol. The van der Waals surface area contributed by atoms with E-state index in [2.05, 4.69) is 0 Å². The van der Waals surface area contributed by atoms with Crippen molar-refractivity contribution < 1.29 is 4.79 Å². The Balaban J connectivity index is 2.28. The van der Waals surface area contributed by atoms with Crippen LogP contribution in [0.5, 0.6) is 0 Å². The molecule has 6 heteroatoms. The van der Waals surface area contributed by atoms with Gasteiger partial charge in [0.2, 0.25) is 0 Å². The number of benzene rings is 1. The lowest BCUT2D eigenvalue weighted by atomic mass is 10.2. The van der Waals surface area contributed by atoms with Gasteiger partial charge in [0, 0.05) is 18.3 Å². The van der Waals surface area contributed by atoms with Crippen molar-refractivity contribution in [3.8, 4) is 0 Å². The number of carbonyl (C=O) groups is 1. The van der Waals surface area contributed by atoms with Crippen molar-refractivity contribution in [1.29, 1.82) is 0 Å². The largest absolute Gasteiger partial charge is 0.389 e. The van der Waals surface area contributed by atoms with E-state index in [0.29, 0.717) is 14.2 Å². The van der Waals surface area contributed by atoms with Crippen LogP contribution in [0, 0.1) is 0 Å². The first-order valence-corrected chi connectivity index (χ1v) is 7.02. The molecule has 0 saturated heterocycles. The van der Waals surface area contributed by atoms with Crippen LogP contribution in [0.15, 0.2) is 36.4 Å². The molecule has 98 valence electrons. The number of nitrogens with zero attached hydrogens (tertiary/aromatic N) is 1. The second kappa shape index (κ2) is 5.69. The van der Waals surface area contributed by atoms with Crippen molar-refractivity contribution in [2.24, 2.45) is 5.73 Å². The molecule has 2 aromatic rings. The van der Waals surface area contributed by atoms with Gasteiger partial charge >= 0.3 is 0 Å². The van der Waals surface area contributed by atoms with E-state index in [9.17, 15) is 4.79 Å². The van der Waals surface area contributed by atoms with Crippen LogP contribution in [0.2, 0.25) is 4.34 Å². The van der Waals surface area contributed by atoms with Gasteiger partial charge in [-0.15, -0.1) is 11.3 Å². The SMILES string of the molecule is CN(C(=O)c1ccc(Cl)s1)c1cccc(C(N)=S)c1. The molecular formula is C13H11ClN2OS2.